The number of aromatic hydroxyl groups is 1. The lowest BCUT2D eigenvalue weighted by Gasteiger charge is -2.43. The highest BCUT2D eigenvalue weighted by Crippen LogP contribution is 2.31. The SMILES string of the molecule is CC[C@H](C)[C@@H]([C@@H](CC(=O)N1CCC[C@H]1[C@H](OC)[C@@H](C)C(=O)N[C@@H](Cc1ccc(O)cc1)C(=O)N1CCCCO1)OC)N(C)[C@H](C(=O)NC(=O)[C@H](C(C)C)N(C)CCOCCOCCOCCC(=O)ON1C(=O)CCC1=O)C(C)C. The molecule has 3 saturated heterocycles. The second kappa shape index (κ2) is 33.6. The van der Waals surface area contributed by atoms with Crippen molar-refractivity contribution in [1.82, 2.24) is 35.5 Å². The van der Waals surface area contributed by atoms with Crippen LogP contribution < -0.4 is 10.6 Å². The number of rotatable bonds is 34. The number of carbonyl (C=O) groups excluding carboxylic acids is 8. The maximum Gasteiger partial charge on any atom is 0.335 e. The molecule has 0 spiro atoms. The van der Waals surface area contributed by atoms with Crippen molar-refractivity contribution in [3.8, 4) is 5.75 Å². The van der Waals surface area contributed by atoms with Crippen molar-refractivity contribution in [2.45, 2.75) is 155 Å². The minimum Gasteiger partial charge on any atom is -0.508 e. The van der Waals surface area contributed by atoms with Crippen LogP contribution in [0.2, 0.25) is 0 Å². The number of methoxy groups -OCH3 is 2. The molecule has 3 heterocycles. The molecule has 3 fully saturated rings. The highest BCUT2D eigenvalue weighted by molar-refractivity contribution is 6.02. The van der Waals surface area contributed by atoms with Gasteiger partial charge in [0.05, 0.1) is 95.3 Å². The number of hydrogen-bond donors (Lipinski definition) is 3. The van der Waals surface area contributed by atoms with Crippen molar-refractivity contribution in [3.05, 3.63) is 29.8 Å². The lowest BCUT2D eigenvalue weighted by Crippen LogP contribution is -2.60. The summed E-state index contributed by atoms with van der Waals surface area (Å²) in [5.74, 6) is -4.88. The molecule has 9 atom stereocenters. The van der Waals surface area contributed by atoms with E-state index in [0.717, 1.165) is 18.4 Å². The van der Waals surface area contributed by atoms with Gasteiger partial charge in [0.15, 0.2) is 0 Å². The van der Waals surface area contributed by atoms with E-state index in [9.17, 15) is 43.5 Å². The fraction of sp³-hybridized carbons (Fsp3) is 0.750. The van der Waals surface area contributed by atoms with Gasteiger partial charge in [-0.3, -0.25) is 53.5 Å². The Morgan fingerprint density at radius 3 is 1.95 bits per heavy atom. The van der Waals surface area contributed by atoms with Gasteiger partial charge in [0.1, 0.15) is 11.8 Å². The summed E-state index contributed by atoms with van der Waals surface area (Å²) >= 11 is 0. The number of nitrogens with zero attached hydrogens (tertiary/aromatic N) is 5. The van der Waals surface area contributed by atoms with Crippen molar-refractivity contribution in [2.24, 2.45) is 23.7 Å². The monoisotopic (exact) mass is 1120 g/mol. The number of phenols is 1. The van der Waals surface area contributed by atoms with Crippen molar-refractivity contribution in [3.63, 3.8) is 0 Å². The molecule has 1 aromatic rings. The highest BCUT2D eigenvalue weighted by Gasteiger charge is 2.44. The average molecular weight is 1120 g/mol. The maximum absolute atomic E-state index is 14.6. The molecule has 0 aliphatic carbocycles. The maximum atomic E-state index is 14.6. The first-order valence-electron chi connectivity index (χ1n) is 28.1. The molecule has 23 nitrogen and oxygen atoms in total. The number of likely N-dealkylation sites (N-methyl/N-ethyl adjacent to an activating group) is 2. The molecule has 0 aromatic heterocycles. The Balaban J connectivity index is 1.32. The van der Waals surface area contributed by atoms with Gasteiger partial charge in [0, 0.05) is 59.2 Å². The molecule has 446 valence electrons. The number of phenolic OH excluding ortho intramolecular Hbond substituents is 1. The predicted octanol–water partition coefficient (Wildman–Crippen LogP) is 3.04. The van der Waals surface area contributed by atoms with Gasteiger partial charge < -0.3 is 43.8 Å². The molecule has 3 aliphatic heterocycles. The molecule has 0 saturated carbocycles. The van der Waals surface area contributed by atoms with Crippen LogP contribution in [0.4, 0.5) is 0 Å². The standard InChI is InChI=1S/C56H91N7O16/c1-12-38(6)51(44(73-10)35-47(67)61-24-15-16-43(61)52(74-11)39(7)53(69)57-42(34-40-17-19-41(64)20-18-40)56(72)62-25-13-14-27-78-62)60(9)50(37(4)5)55(71)58-54(70)49(36(2)3)59(8)26-29-76-31-33-77-32-30-75-28-23-48(68)79-63-45(65)21-22-46(63)66/h17-20,36-39,42-44,49-52,64H,12-16,21-35H2,1-11H3,(H,57,69)(H,58,70,71)/t38-,39+,42-,43-,44+,49-,50-,51-,52+/m0/s1. The van der Waals surface area contributed by atoms with Crippen LogP contribution in [0.1, 0.15) is 112 Å². The lowest BCUT2D eigenvalue weighted by atomic mass is 9.87. The Labute approximate surface area is 466 Å². The number of nitrogens with one attached hydrogen (secondary N) is 2. The Kier molecular flexibility index (Phi) is 28.2. The second-order valence-electron chi connectivity index (χ2n) is 21.6. The topological polar surface area (TPSA) is 262 Å². The lowest BCUT2D eigenvalue weighted by molar-refractivity contribution is -0.199. The van der Waals surface area contributed by atoms with E-state index >= 15 is 0 Å². The van der Waals surface area contributed by atoms with Crippen LogP contribution in [0.5, 0.6) is 5.75 Å². The Hall–Kier alpha value is -5.14. The van der Waals surface area contributed by atoms with Gasteiger partial charge in [-0.1, -0.05) is 67.0 Å². The van der Waals surface area contributed by atoms with E-state index in [0.29, 0.717) is 50.6 Å². The summed E-state index contributed by atoms with van der Waals surface area (Å²) in [5.41, 5.74) is 0.738. The third-order valence-corrected chi connectivity index (χ3v) is 15.1. The second-order valence-corrected chi connectivity index (χ2v) is 21.6. The molecule has 7 amide bonds. The first kappa shape index (κ1) is 66.4. The quantitative estimate of drug-likeness (QED) is 0.0662. The van der Waals surface area contributed by atoms with Crippen LogP contribution in [-0.4, -0.2) is 214 Å². The van der Waals surface area contributed by atoms with Crippen LogP contribution in [-0.2, 0) is 78.1 Å². The third-order valence-electron chi connectivity index (χ3n) is 15.1. The minimum absolute atomic E-state index is 0.0195. The molecule has 0 radical (unpaired) electrons. The van der Waals surface area contributed by atoms with E-state index in [-0.39, 0.29) is 107 Å². The Morgan fingerprint density at radius 1 is 0.772 bits per heavy atom. The van der Waals surface area contributed by atoms with Gasteiger partial charge in [-0.15, -0.1) is 5.06 Å². The zero-order valence-corrected chi connectivity index (χ0v) is 48.6. The van der Waals surface area contributed by atoms with Gasteiger partial charge in [0.25, 0.3) is 17.7 Å². The van der Waals surface area contributed by atoms with Crippen LogP contribution in [0.3, 0.4) is 0 Å². The summed E-state index contributed by atoms with van der Waals surface area (Å²) in [6, 6.07) is 3.18. The first-order valence-corrected chi connectivity index (χ1v) is 28.1. The zero-order chi connectivity index (χ0) is 58.3. The summed E-state index contributed by atoms with van der Waals surface area (Å²) in [5, 5.41) is 17.4. The average Bonchev–Trinajstić information content (AvgIpc) is 4.11. The molecule has 1 aromatic carbocycles. The third kappa shape index (κ3) is 19.8. The summed E-state index contributed by atoms with van der Waals surface area (Å²) in [4.78, 5) is 122. The van der Waals surface area contributed by atoms with E-state index in [1.54, 1.807) is 38.1 Å². The normalized spacial score (nSPS) is 19.1. The Morgan fingerprint density at radius 2 is 1.38 bits per heavy atom. The van der Waals surface area contributed by atoms with Crippen LogP contribution in [0, 0.1) is 23.7 Å². The van der Waals surface area contributed by atoms with Crippen molar-refractivity contribution >= 4 is 47.3 Å². The van der Waals surface area contributed by atoms with E-state index < -0.39 is 83.8 Å². The van der Waals surface area contributed by atoms with Crippen molar-refractivity contribution in [2.75, 3.05) is 94.2 Å². The molecule has 0 bridgehead atoms. The van der Waals surface area contributed by atoms with Gasteiger partial charge >= 0.3 is 5.97 Å². The highest BCUT2D eigenvalue weighted by atomic mass is 16.7. The largest absolute Gasteiger partial charge is 0.508 e. The number of carbonyl (C=O) groups is 8. The van der Waals surface area contributed by atoms with E-state index in [4.69, 9.17) is 33.4 Å². The van der Waals surface area contributed by atoms with E-state index in [1.807, 2.05) is 51.5 Å². The molecule has 3 N–H and O–H groups in total. The summed E-state index contributed by atoms with van der Waals surface area (Å²) in [6.07, 6.45) is 2.24. The van der Waals surface area contributed by atoms with Crippen LogP contribution in [0.15, 0.2) is 24.3 Å². The fourth-order valence-electron chi connectivity index (χ4n) is 10.8. The fourth-order valence-corrected chi connectivity index (χ4v) is 10.8. The van der Waals surface area contributed by atoms with Gasteiger partial charge in [-0.05, 0) is 75.2 Å². The number of likely N-dealkylation sites (tertiary alicyclic amines) is 1. The smallest absolute Gasteiger partial charge is 0.335 e. The molecule has 0 unspecified atom stereocenters. The van der Waals surface area contributed by atoms with E-state index in [2.05, 4.69) is 17.6 Å². The molecule has 4 rings (SSSR count). The number of hydrogen-bond acceptors (Lipinski definition) is 18. The van der Waals surface area contributed by atoms with E-state index in [1.165, 1.54) is 24.3 Å². The molecule has 23 heteroatoms. The van der Waals surface area contributed by atoms with Gasteiger partial charge in [0.2, 0.25) is 23.6 Å². The van der Waals surface area contributed by atoms with Crippen LogP contribution in [0.25, 0.3) is 0 Å². The van der Waals surface area contributed by atoms with Crippen molar-refractivity contribution < 1.29 is 76.8 Å². The summed E-state index contributed by atoms with van der Waals surface area (Å²) in [6.45, 7) is 16.4. The summed E-state index contributed by atoms with van der Waals surface area (Å²) < 4.78 is 28.9. The number of hydroxylamine groups is 4. The van der Waals surface area contributed by atoms with Gasteiger partial charge in [-0.25, -0.2) is 9.86 Å². The number of benzene rings is 1. The number of ether oxygens (including phenoxy) is 5. The zero-order valence-electron chi connectivity index (χ0n) is 48.6. The first-order chi connectivity index (χ1) is 37.6. The Bertz CT molecular complexity index is 2110. The van der Waals surface area contributed by atoms with Crippen molar-refractivity contribution in [1.29, 1.82) is 0 Å². The number of imide groups is 2. The minimum atomic E-state index is -0.960. The molecular weight excluding hydrogens is 1030 g/mol. The molecule has 3 aliphatic rings. The summed E-state index contributed by atoms with van der Waals surface area (Å²) in [7, 11) is 6.71. The molecular formula is C56H91N7O16. The predicted molar refractivity (Wildman–Crippen MR) is 289 cm³/mol. The van der Waals surface area contributed by atoms with Crippen LogP contribution >= 0.6 is 0 Å². The van der Waals surface area contributed by atoms with Gasteiger partial charge in [-0.2, -0.15) is 0 Å². The molecule has 79 heavy (non-hydrogen) atoms. The number of amides is 7.